The summed E-state index contributed by atoms with van der Waals surface area (Å²) in [7, 11) is 0. The fraction of sp³-hybridized carbons (Fsp3) is 0.360. The van der Waals surface area contributed by atoms with Crippen molar-refractivity contribution >= 4 is 34.0 Å². The highest BCUT2D eigenvalue weighted by Crippen LogP contribution is 2.39. The Morgan fingerprint density at radius 2 is 2.21 bits per heavy atom. The Morgan fingerprint density at radius 3 is 2.91 bits per heavy atom. The molecule has 0 aliphatic heterocycles. The van der Waals surface area contributed by atoms with Crippen molar-refractivity contribution in [3.05, 3.63) is 52.9 Å². The molecule has 1 aliphatic carbocycles. The number of fused-ring (bicyclic) bond motifs is 1. The van der Waals surface area contributed by atoms with Crippen molar-refractivity contribution in [1.29, 1.82) is 5.26 Å². The summed E-state index contributed by atoms with van der Waals surface area (Å²) in [6.45, 7) is 9.15. The number of thiophene rings is 1. The molecule has 2 aromatic heterocycles. The molecule has 0 spiro atoms. The van der Waals surface area contributed by atoms with E-state index in [0.717, 1.165) is 36.1 Å². The third kappa shape index (κ3) is 5.18. The first kappa shape index (κ1) is 24.0. The number of hydrogen-bond donors (Lipinski definition) is 1. The summed E-state index contributed by atoms with van der Waals surface area (Å²) >= 11 is 2.85. The Balaban J connectivity index is 1.46. The zero-order valence-electron chi connectivity index (χ0n) is 19.3. The number of ether oxygens (including phenoxy) is 1. The number of carbonyl (C=O) groups is 1. The lowest BCUT2D eigenvalue weighted by molar-refractivity contribution is -0.113. The average Bonchev–Trinajstić information content (AvgIpc) is 3.38. The number of nitriles is 1. The van der Waals surface area contributed by atoms with Gasteiger partial charge in [0.15, 0.2) is 11.0 Å². The van der Waals surface area contributed by atoms with Crippen LogP contribution in [0.15, 0.2) is 42.1 Å². The number of carbonyl (C=O) groups excluding carboxylic acids is 1. The van der Waals surface area contributed by atoms with Crippen LogP contribution >= 0.6 is 23.1 Å². The molecule has 1 unspecified atom stereocenters. The molecule has 7 nitrogen and oxygen atoms in total. The van der Waals surface area contributed by atoms with Crippen LogP contribution < -0.4 is 10.1 Å². The highest BCUT2D eigenvalue weighted by Gasteiger charge is 2.25. The minimum absolute atomic E-state index is 0.163. The van der Waals surface area contributed by atoms with Gasteiger partial charge in [-0.2, -0.15) is 5.26 Å². The first-order valence-corrected chi connectivity index (χ1v) is 13.1. The van der Waals surface area contributed by atoms with Crippen molar-refractivity contribution in [2.75, 3.05) is 17.7 Å². The van der Waals surface area contributed by atoms with Gasteiger partial charge in [-0.3, -0.25) is 9.36 Å². The molecule has 34 heavy (non-hydrogen) atoms. The summed E-state index contributed by atoms with van der Waals surface area (Å²) in [5.74, 6) is 2.12. The molecule has 176 valence electrons. The van der Waals surface area contributed by atoms with Crippen molar-refractivity contribution in [3.63, 3.8) is 0 Å². The van der Waals surface area contributed by atoms with E-state index in [9.17, 15) is 10.1 Å². The quantitative estimate of drug-likeness (QED) is 0.320. The summed E-state index contributed by atoms with van der Waals surface area (Å²) in [5.41, 5.74) is 2.64. The van der Waals surface area contributed by atoms with Crippen LogP contribution in [0.2, 0.25) is 0 Å². The number of allylic oxidation sites excluding steroid dienone is 1. The van der Waals surface area contributed by atoms with E-state index in [2.05, 4.69) is 35.1 Å². The summed E-state index contributed by atoms with van der Waals surface area (Å²) < 4.78 is 7.45. The number of aromatic nitrogens is 3. The van der Waals surface area contributed by atoms with Gasteiger partial charge in [0.25, 0.3) is 0 Å². The number of anilines is 1. The van der Waals surface area contributed by atoms with Crippen LogP contribution in [0.3, 0.4) is 0 Å². The first-order valence-electron chi connectivity index (χ1n) is 11.3. The summed E-state index contributed by atoms with van der Waals surface area (Å²) in [5, 5.41) is 22.6. The van der Waals surface area contributed by atoms with Crippen LogP contribution in [-0.4, -0.2) is 33.0 Å². The fourth-order valence-corrected chi connectivity index (χ4v) is 6.14. The minimum atomic E-state index is -0.163. The van der Waals surface area contributed by atoms with E-state index < -0.39 is 0 Å². The molecule has 0 bridgehead atoms. The van der Waals surface area contributed by atoms with Gasteiger partial charge < -0.3 is 10.1 Å². The molecule has 1 aliphatic rings. The number of nitrogens with zero attached hydrogens (tertiary/aromatic N) is 4. The van der Waals surface area contributed by atoms with Gasteiger partial charge in [0, 0.05) is 17.0 Å². The number of amides is 1. The Kier molecular flexibility index (Phi) is 7.70. The molecular weight excluding hydrogens is 466 g/mol. The Hall–Kier alpha value is -3.09. The maximum Gasteiger partial charge on any atom is 0.235 e. The monoisotopic (exact) mass is 493 g/mol. The topological polar surface area (TPSA) is 92.8 Å². The summed E-state index contributed by atoms with van der Waals surface area (Å²) in [4.78, 5) is 14.0. The zero-order chi connectivity index (χ0) is 24.1. The van der Waals surface area contributed by atoms with E-state index in [1.807, 2.05) is 35.8 Å². The predicted molar refractivity (Wildman–Crippen MR) is 136 cm³/mol. The van der Waals surface area contributed by atoms with Gasteiger partial charge in [0.05, 0.1) is 17.9 Å². The number of nitrogens with one attached hydrogen (secondary N) is 1. The molecule has 1 atom stereocenters. The van der Waals surface area contributed by atoms with Crippen LogP contribution in [0.4, 0.5) is 5.00 Å². The zero-order valence-corrected chi connectivity index (χ0v) is 21.0. The molecule has 0 fully saturated rings. The van der Waals surface area contributed by atoms with Crippen LogP contribution in [0, 0.1) is 17.2 Å². The van der Waals surface area contributed by atoms with Crippen molar-refractivity contribution in [2.24, 2.45) is 5.92 Å². The van der Waals surface area contributed by atoms with Crippen molar-refractivity contribution in [1.82, 2.24) is 14.8 Å². The molecule has 1 N–H and O–H groups in total. The Morgan fingerprint density at radius 1 is 1.41 bits per heavy atom. The molecular formula is C25H27N5O2S2. The van der Waals surface area contributed by atoms with Gasteiger partial charge >= 0.3 is 0 Å². The highest BCUT2D eigenvalue weighted by atomic mass is 32.2. The average molecular weight is 494 g/mol. The van der Waals surface area contributed by atoms with Crippen molar-refractivity contribution in [2.45, 2.75) is 44.8 Å². The van der Waals surface area contributed by atoms with E-state index >= 15 is 0 Å². The standard InChI is InChI=1S/C25H27N5O2S2/c1-4-12-30-23(17-7-9-18(10-8-17)32-5-2)28-29-25(30)33-15-22(31)27-24-20(14-26)19-11-6-16(3)13-21(19)34-24/h4,7-10,16H,1,5-6,11-13,15H2,2-3H3,(H,27,31). The number of hydrogen-bond acceptors (Lipinski definition) is 7. The third-order valence-corrected chi connectivity index (χ3v) is 7.80. The van der Waals surface area contributed by atoms with E-state index in [-0.39, 0.29) is 11.7 Å². The van der Waals surface area contributed by atoms with E-state index in [0.29, 0.717) is 40.6 Å². The summed E-state index contributed by atoms with van der Waals surface area (Å²) in [6, 6.07) is 9.99. The van der Waals surface area contributed by atoms with Gasteiger partial charge in [-0.1, -0.05) is 24.8 Å². The Labute approximate surface area is 207 Å². The van der Waals surface area contributed by atoms with E-state index in [1.54, 1.807) is 6.08 Å². The van der Waals surface area contributed by atoms with E-state index in [4.69, 9.17) is 4.74 Å². The minimum Gasteiger partial charge on any atom is -0.494 e. The van der Waals surface area contributed by atoms with Crippen LogP contribution in [0.1, 0.15) is 36.3 Å². The van der Waals surface area contributed by atoms with Crippen molar-refractivity contribution < 1.29 is 9.53 Å². The lowest BCUT2D eigenvalue weighted by atomic mass is 9.89. The molecule has 1 amide bonds. The largest absolute Gasteiger partial charge is 0.494 e. The Bertz CT molecular complexity index is 1220. The molecule has 4 rings (SSSR count). The third-order valence-electron chi connectivity index (χ3n) is 5.66. The SMILES string of the molecule is C=CCn1c(SCC(=O)Nc2sc3c(c2C#N)CCC(C)C3)nnc1-c1ccc(OCC)cc1. The smallest absolute Gasteiger partial charge is 0.235 e. The molecule has 3 aromatic rings. The molecule has 0 radical (unpaired) electrons. The van der Waals surface area contributed by atoms with E-state index in [1.165, 1.54) is 28.0 Å². The lowest BCUT2D eigenvalue weighted by Gasteiger charge is -2.17. The maximum atomic E-state index is 12.7. The second-order valence-electron chi connectivity index (χ2n) is 8.17. The van der Waals surface area contributed by atoms with Crippen molar-refractivity contribution in [3.8, 4) is 23.2 Å². The molecule has 9 heteroatoms. The van der Waals surface area contributed by atoms with Gasteiger partial charge in [-0.05, 0) is 61.9 Å². The number of thioether (sulfide) groups is 1. The van der Waals surface area contributed by atoms with Gasteiger partial charge in [-0.25, -0.2) is 0 Å². The summed E-state index contributed by atoms with van der Waals surface area (Å²) in [6.07, 6.45) is 4.73. The number of rotatable bonds is 9. The lowest BCUT2D eigenvalue weighted by Crippen LogP contribution is -2.15. The molecule has 1 aromatic carbocycles. The second kappa shape index (κ2) is 10.9. The highest BCUT2D eigenvalue weighted by molar-refractivity contribution is 7.99. The molecule has 0 saturated carbocycles. The fourth-order valence-electron chi connectivity index (χ4n) is 4.02. The maximum absolute atomic E-state index is 12.7. The normalized spacial score (nSPS) is 14.8. The van der Waals surface area contributed by atoms with Gasteiger partial charge in [-0.15, -0.1) is 28.1 Å². The second-order valence-corrected chi connectivity index (χ2v) is 10.2. The molecule has 2 heterocycles. The van der Waals surface area contributed by atoms with Crippen LogP contribution in [-0.2, 0) is 24.2 Å². The van der Waals surface area contributed by atoms with Crippen LogP contribution in [0.25, 0.3) is 11.4 Å². The molecule has 0 saturated heterocycles. The predicted octanol–water partition coefficient (Wildman–Crippen LogP) is 5.32. The van der Waals surface area contributed by atoms with Gasteiger partial charge in [0.1, 0.15) is 16.8 Å². The van der Waals surface area contributed by atoms with Gasteiger partial charge in [0.2, 0.25) is 5.91 Å². The van der Waals surface area contributed by atoms with Crippen LogP contribution in [0.5, 0.6) is 5.75 Å². The number of benzene rings is 1. The first-order chi connectivity index (χ1) is 16.5.